The SMILES string of the molecule is CC(C)(C)C(Nc1cc(F)cc(C(F)(F)F)c1)C(=O)N1CCCC1C(=O)NC1(C(=O)NS(=O)(=O)C2CC2)CC1C1CC1.O=C(O)N1Cc2cccc(Cl)c2C1. The highest BCUT2D eigenvalue weighted by Gasteiger charge is 2.67. The molecule has 0 aromatic heterocycles. The molecular weight excluding hydrogens is 770 g/mol. The normalized spacial score (nSPS) is 23.9. The molecule has 4 atom stereocenters. The molecule has 7 rings (SSSR count). The first-order chi connectivity index (χ1) is 25.6. The number of sulfonamides is 1. The van der Waals surface area contributed by atoms with Gasteiger partial charge in [-0.25, -0.2) is 17.6 Å². The van der Waals surface area contributed by atoms with Crippen LogP contribution in [0.3, 0.4) is 0 Å². The van der Waals surface area contributed by atoms with Crippen molar-refractivity contribution in [3.8, 4) is 0 Å². The van der Waals surface area contributed by atoms with Crippen LogP contribution >= 0.6 is 11.6 Å². The van der Waals surface area contributed by atoms with Crippen molar-refractivity contribution in [2.45, 2.75) is 108 Å². The molecule has 0 bridgehead atoms. The molecule has 2 heterocycles. The summed E-state index contributed by atoms with van der Waals surface area (Å²) in [5.41, 5.74) is -1.70. The Morgan fingerprint density at radius 1 is 1.00 bits per heavy atom. The number of carbonyl (C=O) groups is 4. The Bertz CT molecular complexity index is 1990. The van der Waals surface area contributed by atoms with Gasteiger partial charge in [-0.2, -0.15) is 13.2 Å². The van der Waals surface area contributed by atoms with E-state index in [2.05, 4.69) is 15.4 Å². The molecular formula is C37H44ClF4N5O7S. The molecule has 4 amide bonds. The van der Waals surface area contributed by atoms with E-state index in [0.29, 0.717) is 56.3 Å². The molecule has 4 fully saturated rings. The van der Waals surface area contributed by atoms with Gasteiger partial charge in [0.25, 0.3) is 5.91 Å². The van der Waals surface area contributed by atoms with E-state index < -0.39 is 79.7 Å². The van der Waals surface area contributed by atoms with E-state index in [9.17, 15) is 45.2 Å². The highest BCUT2D eigenvalue weighted by atomic mass is 35.5. The van der Waals surface area contributed by atoms with E-state index in [1.54, 1.807) is 26.8 Å². The van der Waals surface area contributed by atoms with E-state index in [1.165, 1.54) is 9.80 Å². The van der Waals surface area contributed by atoms with Gasteiger partial charge < -0.3 is 20.6 Å². The minimum Gasteiger partial charge on any atom is -0.465 e. The van der Waals surface area contributed by atoms with Crippen LogP contribution in [-0.2, 0) is 43.7 Å². The zero-order valence-corrected chi connectivity index (χ0v) is 32.1. The number of alkyl halides is 3. The summed E-state index contributed by atoms with van der Waals surface area (Å²) in [5, 5.41) is 14.4. The first-order valence-electron chi connectivity index (χ1n) is 18.2. The molecule has 4 N–H and O–H groups in total. The molecule has 18 heteroatoms. The highest BCUT2D eigenvalue weighted by Crippen LogP contribution is 2.57. The van der Waals surface area contributed by atoms with Gasteiger partial charge in [0.15, 0.2) is 0 Å². The summed E-state index contributed by atoms with van der Waals surface area (Å²) in [4.78, 5) is 54.1. The number of nitrogens with zero attached hydrogens (tertiary/aromatic N) is 2. The second kappa shape index (κ2) is 14.8. The van der Waals surface area contributed by atoms with Gasteiger partial charge in [0, 0.05) is 23.8 Å². The van der Waals surface area contributed by atoms with E-state index in [-0.39, 0.29) is 24.1 Å². The maximum Gasteiger partial charge on any atom is 0.416 e. The maximum atomic E-state index is 14.1. The van der Waals surface area contributed by atoms with Crippen molar-refractivity contribution in [3.05, 3.63) is 63.9 Å². The van der Waals surface area contributed by atoms with Crippen LogP contribution in [-0.4, -0.2) is 76.6 Å². The predicted molar refractivity (Wildman–Crippen MR) is 194 cm³/mol. The predicted octanol–water partition coefficient (Wildman–Crippen LogP) is 5.89. The summed E-state index contributed by atoms with van der Waals surface area (Å²) in [6, 6.07) is 5.42. The fraction of sp³-hybridized carbons (Fsp3) is 0.568. The lowest BCUT2D eigenvalue weighted by atomic mass is 9.85. The lowest BCUT2D eigenvalue weighted by Gasteiger charge is -2.36. The summed E-state index contributed by atoms with van der Waals surface area (Å²) in [7, 11) is -3.83. The highest BCUT2D eigenvalue weighted by molar-refractivity contribution is 7.91. The number of carboxylic acid groups (broad SMARTS) is 1. The van der Waals surface area contributed by atoms with Crippen molar-refractivity contribution in [2.75, 3.05) is 11.9 Å². The van der Waals surface area contributed by atoms with Gasteiger partial charge in [-0.1, -0.05) is 44.5 Å². The molecule has 3 saturated carbocycles. The number of halogens is 5. The van der Waals surface area contributed by atoms with Gasteiger partial charge in [-0.05, 0) is 97.6 Å². The molecule has 2 aromatic rings. The smallest absolute Gasteiger partial charge is 0.416 e. The second-order valence-corrected chi connectivity index (χ2v) is 18.5. The van der Waals surface area contributed by atoms with E-state index in [4.69, 9.17) is 16.7 Å². The molecule has 1 saturated heterocycles. The number of fused-ring (bicyclic) bond motifs is 1. The number of nitrogens with one attached hydrogen (secondary N) is 3. The van der Waals surface area contributed by atoms with Crippen LogP contribution in [0, 0.1) is 23.1 Å². The van der Waals surface area contributed by atoms with Crippen molar-refractivity contribution < 1.29 is 50.3 Å². The molecule has 0 radical (unpaired) electrons. The Morgan fingerprint density at radius 2 is 1.69 bits per heavy atom. The van der Waals surface area contributed by atoms with E-state index in [1.807, 2.05) is 12.1 Å². The molecule has 55 heavy (non-hydrogen) atoms. The number of carbonyl (C=O) groups excluding carboxylic acids is 3. The molecule has 300 valence electrons. The fourth-order valence-electron chi connectivity index (χ4n) is 7.44. The standard InChI is InChI=1S/C28H36F4N4O5S.C9H8ClNO2/c1-26(2,3)22(33-18-12-16(28(30,31)32)11-17(29)13-18)24(38)36-10-4-5-21(36)23(37)34-27(14-20(27)15-6-7-15)25(39)35-42(40,41)19-8-9-19;10-8-3-1-2-6-4-11(9(12)13)5-7(6)8/h11-13,15,19-22,33H,4-10,14H2,1-3H3,(H,34,37)(H,35,39);1-3H,4-5H2,(H,12,13). The van der Waals surface area contributed by atoms with Crippen molar-refractivity contribution in [1.29, 1.82) is 0 Å². The summed E-state index contributed by atoms with van der Waals surface area (Å²) < 4.78 is 81.1. The number of hydrogen-bond acceptors (Lipinski definition) is 7. The lowest BCUT2D eigenvalue weighted by Crippen LogP contribution is -2.58. The van der Waals surface area contributed by atoms with Crippen molar-refractivity contribution in [2.24, 2.45) is 17.3 Å². The molecule has 0 spiro atoms. The van der Waals surface area contributed by atoms with Gasteiger partial charge in [-0.15, -0.1) is 0 Å². The first-order valence-corrected chi connectivity index (χ1v) is 20.1. The largest absolute Gasteiger partial charge is 0.465 e. The topological polar surface area (TPSA) is 165 Å². The monoisotopic (exact) mass is 813 g/mol. The molecule has 2 aromatic carbocycles. The van der Waals surface area contributed by atoms with Gasteiger partial charge in [0.1, 0.15) is 23.4 Å². The Labute approximate surface area is 321 Å². The number of rotatable bonds is 9. The number of hydrogen-bond donors (Lipinski definition) is 4. The lowest BCUT2D eigenvalue weighted by molar-refractivity contribution is -0.141. The summed E-state index contributed by atoms with van der Waals surface area (Å²) in [5.74, 6) is -2.99. The van der Waals surface area contributed by atoms with Gasteiger partial charge in [0.2, 0.25) is 21.8 Å². The maximum absolute atomic E-state index is 14.1. The fourth-order valence-corrected chi connectivity index (χ4v) is 9.06. The van der Waals surface area contributed by atoms with Crippen LogP contribution in [0.25, 0.3) is 0 Å². The van der Waals surface area contributed by atoms with E-state index in [0.717, 1.165) is 36.1 Å². The van der Waals surface area contributed by atoms with Gasteiger partial charge in [-0.3, -0.25) is 24.0 Å². The quantitative estimate of drug-likeness (QED) is 0.228. The zero-order valence-electron chi connectivity index (χ0n) is 30.5. The van der Waals surface area contributed by atoms with Crippen LogP contribution in [0.15, 0.2) is 36.4 Å². The summed E-state index contributed by atoms with van der Waals surface area (Å²) in [6.07, 6.45) is -1.90. The van der Waals surface area contributed by atoms with Crippen LogP contribution in [0.5, 0.6) is 0 Å². The van der Waals surface area contributed by atoms with Crippen molar-refractivity contribution in [1.82, 2.24) is 19.8 Å². The van der Waals surface area contributed by atoms with Crippen molar-refractivity contribution in [3.63, 3.8) is 0 Å². The van der Waals surface area contributed by atoms with E-state index >= 15 is 0 Å². The molecule has 5 aliphatic rings. The molecule has 12 nitrogen and oxygen atoms in total. The minimum absolute atomic E-state index is 0.193. The van der Waals surface area contributed by atoms with Crippen molar-refractivity contribution >= 4 is 51.1 Å². The number of benzene rings is 2. The second-order valence-electron chi connectivity index (χ2n) is 16.2. The Kier molecular flexibility index (Phi) is 10.9. The average molecular weight is 814 g/mol. The Hall–Kier alpha value is -4.12. The van der Waals surface area contributed by atoms with Crippen LogP contribution in [0.2, 0.25) is 5.02 Å². The third-order valence-electron chi connectivity index (χ3n) is 10.8. The zero-order chi connectivity index (χ0) is 40.2. The number of likely N-dealkylation sites (tertiary alicyclic amines) is 1. The third kappa shape index (κ3) is 8.97. The van der Waals surface area contributed by atoms with Gasteiger partial charge >= 0.3 is 12.3 Å². The average Bonchev–Trinajstić information content (AvgIpc) is 4.02. The van der Waals surface area contributed by atoms with Crippen LogP contribution in [0.4, 0.5) is 28.0 Å². The van der Waals surface area contributed by atoms with Crippen LogP contribution in [0.1, 0.15) is 82.4 Å². The van der Waals surface area contributed by atoms with Gasteiger partial charge in [0.05, 0.1) is 17.4 Å². The molecule has 2 aliphatic heterocycles. The number of anilines is 1. The minimum atomic E-state index is -4.79. The van der Waals surface area contributed by atoms with Crippen LogP contribution < -0.4 is 15.4 Å². The number of amides is 4. The molecule has 4 unspecified atom stereocenters. The summed E-state index contributed by atoms with van der Waals surface area (Å²) >= 11 is 5.92. The Balaban J connectivity index is 0.000000332. The Morgan fingerprint density at radius 3 is 2.27 bits per heavy atom. The third-order valence-corrected chi connectivity index (χ3v) is 13.0. The summed E-state index contributed by atoms with van der Waals surface area (Å²) in [6.45, 7) is 6.14. The molecule has 3 aliphatic carbocycles. The first kappa shape index (κ1) is 40.5.